The number of carbonyl (C=O) groups excluding carboxylic acids is 1. The number of para-hydroxylation sites is 1. The maximum absolute atomic E-state index is 13.2. The summed E-state index contributed by atoms with van der Waals surface area (Å²) in [7, 11) is 1.65. The van der Waals surface area contributed by atoms with E-state index in [0.29, 0.717) is 36.8 Å². The van der Waals surface area contributed by atoms with E-state index < -0.39 is 0 Å². The molecule has 130 valence electrons. The summed E-state index contributed by atoms with van der Waals surface area (Å²) < 4.78 is 16.5. The van der Waals surface area contributed by atoms with Crippen molar-refractivity contribution in [3.8, 4) is 17.2 Å². The second-order valence-corrected chi connectivity index (χ2v) is 7.01. The first-order valence-electron chi connectivity index (χ1n) is 8.23. The van der Waals surface area contributed by atoms with E-state index in [-0.39, 0.29) is 11.3 Å². The van der Waals surface area contributed by atoms with Crippen molar-refractivity contribution in [1.82, 2.24) is 4.90 Å². The van der Waals surface area contributed by atoms with Gasteiger partial charge in [0, 0.05) is 12.3 Å². The van der Waals surface area contributed by atoms with Gasteiger partial charge < -0.3 is 19.1 Å². The van der Waals surface area contributed by atoms with Crippen LogP contribution in [-0.4, -0.2) is 43.4 Å². The molecule has 1 saturated heterocycles. The first-order valence-corrected chi connectivity index (χ1v) is 9.28. The molecule has 2 aliphatic rings. The van der Waals surface area contributed by atoms with E-state index in [0.717, 1.165) is 17.1 Å². The Bertz CT molecular complexity index is 777. The van der Waals surface area contributed by atoms with Crippen molar-refractivity contribution >= 4 is 17.7 Å². The van der Waals surface area contributed by atoms with E-state index in [1.165, 1.54) is 0 Å². The number of carbonyl (C=O) groups is 1. The quantitative estimate of drug-likeness (QED) is 0.843. The van der Waals surface area contributed by atoms with E-state index in [4.69, 9.17) is 14.2 Å². The van der Waals surface area contributed by atoms with E-state index in [9.17, 15) is 4.79 Å². The van der Waals surface area contributed by atoms with Gasteiger partial charge in [0.25, 0.3) is 5.91 Å². The lowest BCUT2D eigenvalue weighted by atomic mass is 10.1. The molecule has 0 bridgehead atoms. The molecule has 0 aliphatic carbocycles. The topological polar surface area (TPSA) is 48.0 Å². The summed E-state index contributed by atoms with van der Waals surface area (Å²) in [6.45, 7) is 1.69. The minimum absolute atomic E-state index is 0.00114. The number of hydrogen-bond acceptors (Lipinski definition) is 5. The molecule has 5 nitrogen and oxygen atoms in total. The van der Waals surface area contributed by atoms with Crippen LogP contribution in [0.4, 0.5) is 0 Å². The van der Waals surface area contributed by atoms with Gasteiger partial charge in [-0.25, -0.2) is 0 Å². The lowest BCUT2D eigenvalue weighted by Crippen LogP contribution is -2.31. The van der Waals surface area contributed by atoms with Crippen LogP contribution in [0.1, 0.15) is 21.3 Å². The van der Waals surface area contributed by atoms with Crippen molar-refractivity contribution in [3.05, 3.63) is 53.6 Å². The van der Waals surface area contributed by atoms with Crippen molar-refractivity contribution in [3.63, 3.8) is 0 Å². The Labute approximate surface area is 150 Å². The number of rotatable bonds is 3. The van der Waals surface area contributed by atoms with Crippen LogP contribution in [-0.2, 0) is 0 Å². The van der Waals surface area contributed by atoms with Crippen LogP contribution < -0.4 is 14.2 Å². The van der Waals surface area contributed by atoms with Crippen LogP contribution in [0.5, 0.6) is 17.2 Å². The minimum atomic E-state index is -0.0202. The molecule has 2 aromatic carbocycles. The highest BCUT2D eigenvalue weighted by Gasteiger charge is 2.33. The van der Waals surface area contributed by atoms with Gasteiger partial charge >= 0.3 is 0 Å². The number of amides is 1. The number of nitrogens with zero attached hydrogens (tertiary/aromatic N) is 1. The Balaban J connectivity index is 1.63. The molecule has 2 heterocycles. The third-order valence-electron chi connectivity index (χ3n) is 4.35. The molecular weight excluding hydrogens is 338 g/mol. The van der Waals surface area contributed by atoms with Crippen molar-refractivity contribution < 1.29 is 19.0 Å². The Kier molecular flexibility index (Phi) is 4.44. The Morgan fingerprint density at radius 3 is 2.76 bits per heavy atom. The first-order chi connectivity index (χ1) is 12.3. The highest BCUT2D eigenvalue weighted by molar-refractivity contribution is 7.99. The second-order valence-electron chi connectivity index (χ2n) is 5.82. The Morgan fingerprint density at radius 1 is 1.16 bits per heavy atom. The van der Waals surface area contributed by atoms with E-state index in [1.807, 2.05) is 47.4 Å². The predicted molar refractivity (Wildman–Crippen MR) is 96.7 cm³/mol. The Morgan fingerprint density at radius 2 is 1.96 bits per heavy atom. The van der Waals surface area contributed by atoms with Gasteiger partial charge in [-0.2, -0.15) is 0 Å². The number of benzene rings is 2. The van der Waals surface area contributed by atoms with Gasteiger partial charge in [-0.3, -0.25) is 4.79 Å². The lowest BCUT2D eigenvalue weighted by molar-refractivity contribution is 0.0749. The maximum atomic E-state index is 13.2. The zero-order valence-corrected chi connectivity index (χ0v) is 14.8. The normalized spacial score (nSPS) is 18.9. The molecule has 2 aromatic rings. The zero-order valence-electron chi connectivity index (χ0n) is 13.9. The largest absolute Gasteiger partial charge is 0.497 e. The molecule has 0 N–H and O–H groups in total. The smallest absolute Gasteiger partial charge is 0.258 e. The lowest BCUT2D eigenvalue weighted by Gasteiger charge is -2.27. The minimum Gasteiger partial charge on any atom is -0.497 e. The fourth-order valence-electron chi connectivity index (χ4n) is 3.12. The number of thioether (sulfide) groups is 1. The van der Waals surface area contributed by atoms with Crippen molar-refractivity contribution in [1.29, 1.82) is 0 Å². The van der Waals surface area contributed by atoms with Gasteiger partial charge in [0.15, 0.2) is 11.5 Å². The van der Waals surface area contributed by atoms with Gasteiger partial charge in [0.1, 0.15) is 24.3 Å². The molecule has 2 aliphatic heterocycles. The molecule has 1 unspecified atom stereocenters. The summed E-state index contributed by atoms with van der Waals surface area (Å²) in [6.07, 6.45) is 0. The summed E-state index contributed by atoms with van der Waals surface area (Å²) in [5.74, 6) is 2.91. The highest BCUT2D eigenvalue weighted by Crippen LogP contribution is 2.41. The third-order valence-corrected chi connectivity index (χ3v) is 5.61. The molecule has 1 fully saturated rings. The second kappa shape index (κ2) is 6.88. The molecule has 1 amide bonds. The third kappa shape index (κ3) is 3.02. The number of fused-ring (bicyclic) bond motifs is 1. The van der Waals surface area contributed by atoms with Crippen LogP contribution >= 0.6 is 11.8 Å². The summed E-state index contributed by atoms with van der Waals surface area (Å²) in [5, 5.41) is -0.00114. The summed E-state index contributed by atoms with van der Waals surface area (Å²) in [6, 6.07) is 13.4. The molecule has 0 aromatic heterocycles. The fourth-order valence-corrected chi connectivity index (χ4v) is 4.38. The average molecular weight is 357 g/mol. The molecule has 0 radical (unpaired) electrons. The van der Waals surface area contributed by atoms with Crippen LogP contribution in [0.15, 0.2) is 42.5 Å². The van der Waals surface area contributed by atoms with Crippen LogP contribution in [0.3, 0.4) is 0 Å². The van der Waals surface area contributed by atoms with Gasteiger partial charge in [-0.05, 0) is 29.8 Å². The Hall–Kier alpha value is -2.34. The molecule has 0 saturated carbocycles. The van der Waals surface area contributed by atoms with Crippen molar-refractivity contribution in [2.45, 2.75) is 5.37 Å². The van der Waals surface area contributed by atoms with Gasteiger partial charge in [0.05, 0.1) is 12.7 Å². The van der Waals surface area contributed by atoms with Crippen molar-refractivity contribution in [2.24, 2.45) is 0 Å². The standard InChI is InChI=1S/C19H19NO4S/c1-22-14-7-5-13(6-8-14)19-20(9-12-25-19)18(21)15-3-2-4-16-17(15)24-11-10-23-16/h2-8,19H,9-12H2,1H3. The summed E-state index contributed by atoms with van der Waals surface area (Å²) in [4.78, 5) is 15.1. The number of ether oxygens (including phenoxy) is 3. The molecule has 4 rings (SSSR count). The maximum Gasteiger partial charge on any atom is 0.258 e. The van der Waals surface area contributed by atoms with Gasteiger partial charge in [-0.15, -0.1) is 11.8 Å². The molecule has 25 heavy (non-hydrogen) atoms. The monoisotopic (exact) mass is 357 g/mol. The summed E-state index contributed by atoms with van der Waals surface area (Å²) >= 11 is 1.77. The van der Waals surface area contributed by atoms with Crippen LogP contribution in [0.2, 0.25) is 0 Å². The summed E-state index contributed by atoms with van der Waals surface area (Å²) in [5.41, 5.74) is 1.66. The van der Waals surface area contributed by atoms with Gasteiger partial charge in [-0.1, -0.05) is 18.2 Å². The fraction of sp³-hybridized carbons (Fsp3) is 0.316. The molecule has 1 atom stereocenters. The molecule has 6 heteroatoms. The average Bonchev–Trinajstić information content (AvgIpc) is 3.17. The van der Waals surface area contributed by atoms with Crippen LogP contribution in [0, 0.1) is 0 Å². The molecular formula is C19H19NO4S. The molecule has 0 spiro atoms. The number of hydrogen-bond donors (Lipinski definition) is 0. The van der Waals surface area contributed by atoms with E-state index in [1.54, 1.807) is 18.9 Å². The number of methoxy groups -OCH3 is 1. The van der Waals surface area contributed by atoms with Gasteiger partial charge in [0.2, 0.25) is 0 Å². The highest BCUT2D eigenvalue weighted by atomic mass is 32.2. The van der Waals surface area contributed by atoms with E-state index in [2.05, 4.69) is 0 Å². The SMILES string of the molecule is COc1ccc(C2SCCN2C(=O)c2cccc3c2OCCO3)cc1. The zero-order chi connectivity index (χ0) is 17.2. The van der Waals surface area contributed by atoms with Crippen LogP contribution in [0.25, 0.3) is 0 Å². The van der Waals surface area contributed by atoms with Crippen molar-refractivity contribution in [2.75, 3.05) is 32.6 Å². The van der Waals surface area contributed by atoms with E-state index >= 15 is 0 Å². The first kappa shape index (κ1) is 16.1. The predicted octanol–water partition coefficient (Wildman–Crippen LogP) is 3.35.